The van der Waals surface area contributed by atoms with E-state index in [1.807, 2.05) is 0 Å². The number of amides is 1. The molecule has 146 valence electrons. The van der Waals surface area contributed by atoms with Crippen LogP contribution in [-0.2, 0) is 14.8 Å². The quantitative estimate of drug-likeness (QED) is 0.360. The SMILES string of the molecule is C=CCSc1nnc(NC(=O)C(C)N(c2cc(Cl)ccc2Cl)S(C)(=O)=O)s1. The van der Waals surface area contributed by atoms with Gasteiger partial charge in [-0.05, 0) is 25.1 Å². The Bertz CT molecular complexity index is 950. The average Bonchev–Trinajstić information content (AvgIpc) is 3.02. The Hall–Kier alpha value is -1.33. The number of hydrogen-bond acceptors (Lipinski definition) is 7. The van der Waals surface area contributed by atoms with Gasteiger partial charge in [0.25, 0.3) is 0 Å². The summed E-state index contributed by atoms with van der Waals surface area (Å²) in [7, 11) is -3.82. The molecule has 0 saturated carbocycles. The third-order valence-electron chi connectivity index (χ3n) is 3.20. The zero-order valence-corrected chi connectivity index (χ0v) is 18.3. The first-order chi connectivity index (χ1) is 12.6. The van der Waals surface area contributed by atoms with Crippen LogP contribution in [0.4, 0.5) is 10.8 Å². The van der Waals surface area contributed by atoms with Crippen LogP contribution in [0.2, 0.25) is 10.0 Å². The molecular weight excluding hydrogens is 451 g/mol. The van der Waals surface area contributed by atoms with Gasteiger partial charge in [0.1, 0.15) is 6.04 Å². The Labute approximate surface area is 175 Å². The molecule has 0 bridgehead atoms. The molecule has 0 aliphatic rings. The minimum atomic E-state index is -3.82. The molecule has 1 aromatic carbocycles. The monoisotopic (exact) mass is 466 g/mol. The van der Waals surface area contributed by atoms with Crippen LogP contribution in [0.3, 0.4) is 0 Å². The fourth-order valence-electron chi connectivity index (χ4n) is 2.09. The first-order valence-electron chi connectivity index (χ1n) is 7.46. The molecular formula is C15H16Cl2N4O3S3. The van der Waals surface area contributed by atoms with Crippen LogP contribution < -0.4 is 9.62 Å². The van der Waals surface area contributed by atoms with Crippen molar-refractivity contribution in [2.45, 2.75) is 17.3 Å². The zero-order chi connectivity index (χ0) is 20.2. The number of carbonyl (C=O) groups is 1. The van der Waals surface area contributed by atoms with Crippen LogP contribution >= 0.6 is 46.3 Å². The average molecular weight is 467 g/mol. The molecule has 12 heteroatoms. The van der Waals surface area contributed by atoms with Gasteiger partial charge >= 0.3 is 0 Å². The molecule has 0 aliphatic carbocycles. The number of aromatic nitrogens is 2. The maximum absolute atomic E-state index is 12.6. The predicted octanol–water partition coefficient (Wildman–Crippen LogP) is 3.92. The number of nitrogens with zero attached hydrogens (tertiary/aromatic N) is 3. The molecule has 0 spiro atoms. The Morgan fingerprint density at radius 2 is 2.15 bits per heavy atom. The van der Waals surface area contributed by atoms with Gasteiger partial charge in [-0.2, -0.15) is 0 Å². The van der Waals surface area contributed by atoms with Gasteiger partial charge < -0.3 is 0 Å². The van der Waals surface area contributed by atoms with E-state index in [2.05, 4.69) is 22.1 Å². The van der Waals surface area contributed by atoms with Gasteiger partial charge in [-0.1, -0.05) is 52.4 Å². The molecule has 1 amide bonds. The van der Waals surface area contributed by atoms with Crippen molar-refractivity contribution >= 4 is 73.0 Å². The molecule has 1 N–H and O–H groups in total. The summed E-state index contributed by atoms with van der Waals surface area (Å²) in [5.74, 6) is 0.0848. The van der Waals surface area contributed by atoms with Gasteiger partial charge in [0.15, 0.2) is 4.34 Å². The summed E-state index contributed by atoms with van der Waals surface area (Å²) < 4.78 is 26.2. The molecule has 0 radical (unpaired) electrons. The molecule has 1 atom stereocenters. The highest BCUT2D eigenvalue weighted by atomic mass is 35.5. The third kappa shape index (κ3) is 5.82. The van der Waals surface area contributed by atoms with E-state index in [9.17, 15) is 13.2 Å². The normalized spacial score (nSPS) is 12.4. The second-order valence-electron chi connectivity index (χ2n) is 5.29. The molecule has 0 saturated heterocycles. The Morgan fingerprint density at radius 1 is 1.44 bits per heavy atom. The van der Waals surface area contributed by atoms with Crippen molar-refractivity contribution in [2.24, 2.45) is 0 Å². The smallest absolute Gasteiger partial charge is 0.249 e. The number of carbonyl (C=O) groups excluding carboxylic acids is 1. The number of sulfonamides is 1. The van der Waals surface area contributed by atoms with Crippen LogP contribution in [0.15, 0.2) is 35.2 Å². The molecule has 1 aromatic heterocycles. The molecule has 0 aliphatic heterocycles. The highest BCUT2D eigenvalue weighted by Gasteiger charge is 2.31. The number of rotatable bonds is 8. The summed E-state index contributed by atoms with van der Waals surface area (Å²) in [6, 6.07) is 3.30. The van der Waals surface area contributed by atoms with Crippen molar-refractivity contribution in [2.75, 3.05) is 21.6 Å². The van der Waals surface area contributed by atoms with Gasteiger partial charge in [0.2, 0.25) is 21.1 Å². The topological polar surface area (TPSA) is 92.3 Å². The van der Waals surface area contributed by atoms with E-state index in [0.29, 0.717) is 15.1 Å². The van der Waals surface area contributed by atoms with Gasteiger partial charge in [-0.25, -0.2) is 8.42 Å². The Kier molecular flexibility index (Phi) is 7.52. The summed E-state index contributed by atoms with van der Waals surface area (Å²) in [5.41, 5.74) is 0.119. The van der Waals surface area contributed by atoms with Crippen molar-refractivity contribution in [3.8, 4) is 0 Å². The van der Waals surface area contributed by atoms with E-state index in [0.717, 1.165) is 10.6 Å². The standard InChI is InChI=1S/C15H16Cl2N4O3S3/c1-4-7-25-15-20-19-14(26-15)18-13(22)9(2)21(27(3,23)24)12-8-10(16)5-6-11(12)17/h4-6,8-9H,1,7H2,2-3H3,(H,18,19,22). The van der Waals surface area contributed by atoms with Gasteiger partial charge in [-0.3, -0.25) is 14.4 Å². The zero-order valence-electron chi connectivity index (χ0n) is 14.3. The number of benzene rings is 1. The fraction of sp³-hybridized carbons (Fsp3) is 0.267. The van der Waals surface area contributed by atoms with E-state index in [1.54, 1.807) is 6.08 Å². The van der Waals surface area contributed by atoms with Crippen LogP contribution in [0, 0.1) is 0 Å². The predicted molar refractivity (Wildman–Crippen MR) is 113 cm³/mol. The van der Waals surface area contributed by atoms with Gasteiger partial charge in [0.05, 0.1) is 17.0 Å². The first-order valence-corrected chi connectivity index (χ1v) is 11.9. The fourth-order valence-corrected chi connectivity index (χ4v) is 5.21. The van der Waals surface area contributed by atoms with Gasteiger partial charge in [0, 0.05) is 10.8 Å². The van der Waals surface area contributed by atoms with Crippen molar-refractivity contribution in [1.82, 2.24) is 10.2 Å². The molecule has 2 aromatic rings. The van der Waals surface area contributed by atoms with Crippen molar-refractivity contribution in [3.05, 3.63) is 40.9 Å². The van der Waals surface area contributed by atoms with E-state index in [1.165, 1.54) is 48.2 Å². The van der Waals surface area contributed by atoms with Crippen LogP contribution in [0.1, 0.15) is 6.92 Å². The van der Waals surface area contributed by atoms with E-state index >= 15 is 0 Å². The number of anilines is 2. The number of hydrogen-bond donors (Lipinski definition) is 1. The Morgan fingerprint density at radius 3 is 2.78 bits per heavy atom. The van der Waals surface area contributed by atoms with Crippen molar-refractivity contribution in [1.29, 1.82) is 0 Å². The molecule has 7 nitrogen and oxygen atoms in total. The summed E-state index contributed by atoms with van der Waals surface area (Å²) in [6.07, 6.45) is 2.72. The second-order valence-corrected chi connectivity index (χ2v) is 10.2. The summed E-state index contributed by atoms with van der Waals surface area (Å²) >= 11 is 14.7. The lowest BCUT2D eigenvalue weighted by Gasteiger charge is -2.28. The highest BCUT2D eigenvalue weighted by Crippen LogP contribution is 2.32. The number of halogens is 2. The van der Waals surface area contributed by atoms with Crippen LogP contribution in [0.25, 0.3) is 0 Å². The second kappa shape index (κ2) is 9.24. The van der Waals surface area contributed by atoms with E-state index in [4.69, 9.17) is 23.2 Å². The molecule has 0 fully saturated rings. The summed E-state index contributed by atoms with van der Waals surface area (Å²) in [4.78, 5) is 12.6. The third-order valence-corrected chi connectivity index (χ3v) is 6.95. The lowest BCUT2D eigenvalue weighted by Crippen LogP contribution is -2.45. The lowest BCUT2D eigenvalue weighted by molar-refractivity contribution is -0.116. The minimum absolute atomic E-state index is 0.119. The first kappa shape index (κ1) is 22.0. The molecule has 1 unspecified atom stereocenters. The molecule has 27 heavy (non-hydrogen) atoms. The maximum Gasteiger partial charge on any atom is 0.249 e. The molecule has 1 heterocycles. The summed E-state index contributed by atoms with van der Waals surface area (Å²) in [6.45, 7) is 5.07. The van der Waals surface area contributed by atoms with E-state index < -0.39 is 22.0 Å². The van der Waals surface area contributed by atoms with Crippen LogP contribution in [-0.4, -0.2) is 42.6 Å². The van der Waals surface area contributed by atoms with Crippen LogP contribution in [0.5, 0.6) is 0 Å². The Balaban J connectivity index is 2.26. The largest absolute Gasteiger partial charge is 0.299 e. The maximum atomic E-state index is 12.6. The van der Waals surface area contributed by atoms with Crippen molar-refractivity contribution < 1.29 is 13.2 Å². The lowest BCUT2D eigenvalue weighted by atomic mass is 10.2. The number of nitrogens with one attached hydrogen (secondary N) is 1. The molecule has 2 rings (SSSR count). The minimum Gasteiger partial charge on any atom is -0.299 e. The number of thioether (sulfide) groups is 1. The van der Waals surface area contributed by atoms with Gasteiger partial charge in [-0.15, -0.1) is 16.8 Å². The summed E-state index contributed by atoms with van der Waals surface area (Å²) in [5, 5.41) is 11.1. The highest BCUT2D eigenvalue weighted by molar-refractivity contribution is 8.01. The van der Waals surface area contributed by atoms with Crippen molar-refractivity contribution in [3.63, 3.8) is 0 Å². The van der Waals surface area contributed by atoms with E-state index in [-0.39, 0.29) is 15.8 Å².